The predicted octanol–water partition coefficient (Wildman–Crippen LogP) is 4.54. The molecule has 1 aliphatic rings. The number of aromatic nitrogens is 3. The molecule has 0 bridgehead atoms. The number of hydrogen-bond acceptors (Lipinski definition) is 5. The fraction of sp³-hybridized carbons (Fsp3) is 0.118. The lowest BCUT2D eigenvalue weighted by atomic mass is 10.1. The van der Waals surface area contributed by atoms with Gasteiger partial charge in [-0.25, -0.2) is 0 Å². The van der Waals surface area contributed by atoms with Crippen molar-refractivity contribution in [3.05, 3.63) is 59.1 Å². The van der Waals surface area contributed by atoms with Gasteiger partial charge >= 0.3 is 0 Å². The fourth-order valence-corrected chi connectivity index (χ4v) is 3.47. The van der Waals surface area contributed by atoms with Crippen LogP contribution in [0.3, 0.4) is 0 Å². The molecule has 3 aromatic rings. The van der Waals surface area contributed by atoms with Crippen molar-refractivity contribution < 1.29 is 4.74 Å². The topological polar surface area (TPSA) is 52.3 Å². The zero-order chi connectivity index (χ0) is 16.5. The average molecular weight is 438 g/mol. The molecule has 0 saturated heterocycles. The van der Waals surface area contributed by atoms with Crippen LogP contribution in [-0.4, -0.2) is 33.4 Å². The van der Waals surface area contributed by atoms with Crippen LogP contribution in [0.15, 0.2) is 58.8 Å². The van der Waals surface area contributed by atoms with Gasteiger partial charge < -0.3 is 4.74 Å². The first-order chi connectivity index (χ1) is 11.8. The molecule has 0 aliphatic carbocycles. The molecule has 0 atom stereocenters. The normalized spacial score (nSPS) is 12.8. The Balaban J connectivity index is 0.00000182. The van der Waals surface area contributed by atoms with E-state index >= 15 is 0 Å². The third kappa shape index (κ3) is 3.44. The average Bonchev–Trinajstić information content (AvgIpc) is 3.05. The van der Waals surface area contributed by atoms with Gasteiger partial charge in [0.05, 0.1) is 18.4 Å². The molecule has 1 aromatic heterocycles. The fourth-order valence-electron chi connectivity index (χ4n) is 2.51. The Morgan fingerprint density at radius 3 is 2.60 bits per heavy atom. The number of methoxy groups -OCH3 is 1. The highest BCUT2D eigenvalue weighted by molar-refractivity contribution is 8.93. The summed E-state index contributed by atoms with van der Waals surface area (Å²) in [5, 5.41) is 14.8. The van der Waals surface area contributed by atoms with E-state index in [2.05, 4.69) is 10.2 Å². The summed E-state index contributed by atoms with van der Waals surface area (Å²) in [6, 6.07) is 15.4. The Morgan fingerprint density at radius 1 is 1.08 bits per heavy atom. The first-order valence-electron chi connectivity index (χ1n) is 7.31. The van der Waals surface area contributed by atoms with Crippen LogP contribution in [0.5, 0.6) is 5.75 Å². The van der Waals surface area contributed by atoms with Crippen LogP contribution in [0, 0.1) is 0 Å². The van der Waals surface area contributed by atoms with Crippen LogP contribution in [0.2, 0.25) is 5.02 Å². The van der Waals surface area contributed by atoms with E-state index in [1.165, 1.54) is 0 Å². The maximum Gasteiger partial charge on any atom is 0.212 e. The second kappa shape index (κ2) is 7.59. The van der Waals surface area contributed by atoms with Crippen LogP contribution in [0.4, 0.5) is 0 Å². The van der Waals surface area contributed by atoms with Crippen molar-refractivity contribution in [1.29, 1.82) is 0 Å². The summed E-state index contributed by atoms with van der Waals surface area (Å²) >= 11 is 7.58. The van der Waals surface area contributed by atoms with Crippen molar-refractivity contribution in [3.63, 3.8) is 0 Å². The molecule has 0 fully saturated rings. The van der Waals surface area contributed by atoms with Crippen molar-refractivity contribution in [3.8, 4) is 17.1 Å². The third-order valence-corrected chi connectivity index (χ3v) is 4.88. The minimum atomic E-state index is 0. The van der Waals surface area contributed by atoms with Crippen molar-refractivity contribution in [2.24, 2.45) is 5.10 Å². The third-order valence-electron chi connectivity index (χ3n) is 3.70. The van der Waals surface area contributed by atoms with Crippen LogP contribution in [-0.2, 0) is 0 Å². The number of fused-ring (bicyclic) bond motifs is 1. The summed E-state index contributed by atoms with van der Waals surface area (Å²) in [7, 11) is 1.64. The number of hydrogen-bond donors (Lipinski definition) is 0. The SMILES string of the molecule is Br.COc1ccccc1-c1nnc2n1N=C(c1ccc(Cl)cc1)CS2. The second-order valence-corrected chi connectivity index (χ2v) is 6.54. The van der Waals surface area contributed by atoms with E-state index in [1.807, 2.05) is 48.5 Å². The molecular formula is C17H14BrClN4OS. The molecule has 0 saturated carbocycles. The number of rotatable bonds is 3. The molecule has 5 nitrogen and oxygen atoms in total. The first kappa shape index (κ1) is 18.0. The summed E-state index contributed by atoms with van der Waals surface area (Å²) in [5.41, 5.74) is 2.86. The van der Waals surface area contributed by atoms with E-state index in [0.29, 0.717) is 10.8 Å². The molecule has 128 valence electrons. The molecule has 0 amide bonds. The van der Waals surface area contributed by atoms with Gasteiger partial charge in [-0.05, 0) is 29.8 Å². The minimum absolute atomic E-state index is 0. The minimum Gasteiger partial charge on any atom is -0.496 e. The number of benzene rings is 2. The number of para-hydroxylation sites is 1. The van der Waals surface area contributed by atoms with Crippen LogP contribution in [0.1, 0.15) is 5.56 Å². The Bertz CT molecular complexity index is 927. The summed E-state index contributed by atoms with van der Waals surface area (Å²) in [6.07, 6.45) is 0. The maximum absolute atomic E-state index is 5.97. The van der Waals surface area contributed by atoms with Crippen LogP contribution < -0.4 is 4.74 Å². The highest BCUT2D eigenvalue weighted by Crippen LogP contribution is 2.33. The van der Waals surface area contributed by atoms with Crippen molar-refractivity contribution in [2.75, 3.05) is 12.9 Å². The molecule has 2 heterocycles. The van der Waals surface area contributed by atoms with Gasteiger partial charge in [-0.1, -0.05) is 47.6 Å². The molecule has 4 rings (SSSR count). The summed E-state index contributed by atoms with van der Waals surface area (Å²) in [5.74, 6) is 2.15. The van der Waals surface area contributed by atoms with E-state index in [1.54, 1.807) is 23.5 Å². The number of halogens is 2. The van der Waals surface area contributed by atoms with Gasteiger partial charge in [0.1, 0.15) is 5.75 Å². The van der Waals surface area contributed by atoms with Gasteiger partial charge in [0.2, 0.25) is 5.16 Å². The number of nitrogens with zero attached hydrogens (tertiary/aromatic N) is 4. The van der Waals surface area contributed by atoms with Crippen molar-refractivity contribution in [1.82, 2.24) is 14.9 Å². The summed E-state index contributed by atoms with van der Waals surface area (Å²) < 4.78 is 7.21. The Kier molecular flexibility index (Phi) is 5.46. The maximum atomic E-state index is 5.97. The standard InChI is InChI=1S/C17H13ClN4OS.BrH/c1-23-15-5-3-2-4-13(15)16-19-20-17-22(16)21-14(10-24-17)11-6-8-12(18)9-7-11;/h2-9H,10H2,1H3;1H. The second-order valence-electron chi connectivity index (χ2n) is 5.16. The lowest BCUT2D eigenvalue weighted by Gasteiger charge is -2.14. The first-order valence-corrected chi connectivity index (χ1v) is 8.68. The van der Waals surface area contributed by atoms with Crippen molar-refractivity contribution in [2.45, 2.75) is 5.16 Å². The predicted molar refractivity (Wildman–Crippen MR) is 106 cm³/mol. The molecular weight excluding hydrogens is 424 g/mol. The Labute approximate surface area is 164 Å². The van der Waals surface area contributed by atoms with Crippen molar-refractivity contribution >= 4 is 46.1 Å². The molecule has 25 heavy (non-hydrogen) atoms. The lowest BCUT2D eigenvalue weighted by molar-refractivity contribution is 0.416. The Morgan fingerprint density at radius 2 is 1.84 bits per heavy atom. The number of ether oxygens (including phenoxy) is 1. The molecule has 1 aliphatic heterocycles. The monoisotopic (exact) mass is 436 g/mol. The highest BCUT2D eigenvalue weighted by Gasteiger charge is 2.22. The van der Waals surface area contributed by atoms with Gasteiger partial charge in [0.15, 0.2) is 5.82 Å². The summed E-state index contributed by atoms with van der Waals surface area (Å²) in [4.78, 5) is 0. The van der Waals surface area contributed by atoms with E-state index in [-0.39, 0.29) is 17.0 Å². The lowest BCUT2D eigenvalue weighted by Crippen LogP contribution is -2.13. The van der Waals surface area contributed by atoms with E-state index in [4.69, 9.17) is 21.4 Å². The molecule has 0 unspecified atom stereocenters. The van der Waals surface area contributed by atoms with Gasteiger partial charge in [-0.3, -0.25) is 0 Å². The molecule has 0 spiro atoms. The van der Waals surface area contributed by atoms with Gasteiger partial charge in [-0.2, -0.15) is 9.78 Å². The van der Waals surface area contributed by atoms with Gasteiger partial charge in [0, 0.05) is 10.8 Å². The molecule has 0 radical (unpaired) electrons. The van der Waals surface area contributed by atoms with E-state index in [0.717, 1.165) is 33.5 Å². The quantitative estimate of drug-likeness (QED) is 0.603. The van der Waals surface area contributed by atoms with E-state index in [9.17, 15) is 0 Å². The Hall–Kier alpha value is -1.83. The summed E-state index contributed by atoms with van der Waals surface area (Å²) in [6.45, 7) is 0. The molecule has 8 heteroatoms. The smallest absolute Gasteiger partial charge is 0.212 e. The van der Waals surface area contributed by atoms with Crippen LogP contribution >= 0.6 is 40.3 Å². The zero-order valence-corrected chi connectivity index (χ0v) is 16.5. The van der Waals surface area contributed by atoms with E-state index < -0.39 is 0 Å². The number of thioether (sulfide) groups is 1. The molecule has 2 aromatic carbocycles. The van der Waals surface area contributed by atoms with Crippen LogP contribution in [0.25, 0.3) is 11.4 Å². The highest BCUT2D eigenvalue weighted by atomic mass is 79.9. The molecule has 0 N–H and O–H groups in total. The van der Waals surface area contributed by atoms with Gasteiger partial charge in [-0.15, -0.1) is 27.2 Å². The van der Waals surface area contributed by atoms with Gasteiger partial charge in [0.25, 0.3) is 0 Å². The zero-order valence-electron chi connectivity index (χ0n) is 13.2. The largest absolute Gasteiger partial charge is 0.496 e.